The van der Waals surface area contributed by atoms with Crippen molar-refractivity contribution in [1.82, 2.24) is 30.2 Å². The average molecular weight is 732 g/mol. The van der Waals surface area contributed by atoms with Gasteiger partial charge in [0.1, 0.15) is 11.8 Å². The van der Waals surface area contributed by atoms with Gasteiger partial charge >= 0.3 is 0 Å². The van der Waals surface area contributed by atoms with E-state index in [4.69, 9.17) is 0 Å². The summed E-state index contributed by atoms with van der Waals surface area (Å²) in [6.45, 7) is 10.4. The number of likely N-dealkylation sites (tertiary alicyclic amines) is 1. The Morgan fingerprint density at radius 1 is 0.778 bits per heavy atom. The van der Waals surface area contributed by atoms with Crippen molar-refractivity contribution in [2.45, 2.75) is 37.8 Å². The monoisotopic (exact) mass is 731 g/mol. The number of amides is 4. The van der Waals surface area contributed by atoms with E-state index in [1.54, 1.807) is 12.1 Å². The minimum Gasteiger partial charge on any atom is -0.507 e. The fourth-order valence-electron chi connectivity index (χ4n) is 10.2. The molecule has 14 nitrogen and oxygen atoms in total. The first-order valence-electron chi connectivity index (χ1n) is 19.5. The van der Waals surface area contributed by atoms with Gasteiger partial charge in [0, 0.05) is 83.1 Å². The maximum Gasteiger partial charge on any atom is 0.262 e. The maximum atomic E-state index is 13.3. The SMILES string of the molecule is O=C1CCC(N2C(=O)c3ccc(N4CCC(CN5C[C@@H]6[C@H](C5)[C@H]6CN5CCN6c7cc(-c8ccccc8O)nnc7NC[C@H]6C5)CC4)cc3C2=O)C(=O)N1. The molecular formula is C40H45N9O5. The van der Waals surface area contributed by atoms with Crippen molar-refractivity contribution in [2.75, 3.05) is 80.6 Å². The topological polar surface area (TPSA) is 155 Å². The highest BCUT2D eigenvalue weighted by molar-refractivity contribution is 6.23. The summed E-state index contributed by atoms with van der Waals surface area (Å²) in [7, 11) is 0. The number of nitrogens with one attached hydrogen (secondary N) is 2. The number of phenolic OH excluding ortho intramolecular Hbond substituents is 1. The Kier molecular flexibility index (Phi) is 8.09. The molecule has 5 atom stereocenters. The number of piperidine rings is 3. The van der Waals surface area contributed by atoms with E-state index in [-0.39, 0.29) is 24.5 Å². The van der Waals surface area contributed by atoms with Crippen LogP contribution < -0.4 is 20.4 Å². The first-order valence-corrected chi connectivity index (χ1v) is 19.5. The van der Waals surface area contributed by atoms with Gasteiger partial charge in [-0.15, -0.1) is 10.2 Å². The third-order valence-electron chi connectivity index (χ3n) is 13.2. The average Bonchev–Trinajstić information content (AvgIpc) is 3.49. The standard InChI is InChI=1S/C40H45N9O5/c50-35-4-2-1-3-27(35)32-16-34-37(44-43-32)41-17-25-19-45(13-14-48(25)34)20-29-30-21-46(22-31(29)30)18-23-9-11-47(12-10-23)24-5-6-26-28(15-24)40(54)49(39(26)53)33-7-8-36(51)42-38(33)52/h1-6,15-16,23,25,29-31,33,50H,7-14,17-22H2,(H,41,44)(H,42,51,52)/t25-,29-,30-,31+,33?/m0/s1. The van der Waals surface area contributed by atoms with Crippen LogP contribution in [0.15, 0.2) is 48.5 Å². The summed E-state index contributed by atoms with van der Waals surface area (Å²) in [5.41, 5.74) is 4.06. The number of anilines is 3. The smallest absolute Gasteiger partial charge is 0.262 e. The number of para-hydroxylation sites is 1. The molecule has 1 saturated carbocycles. The highest BCUT2D eigenvalue weighted by atomic mass is 16.3. The summed E-state index contributed by atoms with van der Waals surface area (Å²) >= 11 is 0. The van der Waals surface area contributed by atoms with Gasteiger partial charge in [-0.3, -0.25) is 34.3 Å². The van der Waals surface area contributed by atoms with Crippen molar-refractivity contribution in [2.24, 2.45) is 23.7 Å². The molecule has 1 aliphatic carbocycles. The molecule has 54 heavy (non-hydrogen) atoms. The number of imide groups is 2. The number of piperazine rings is 1. The molecule has 0 radical (unpaired) electrons. The highest BCUT2D eigenvalue weighted by Crippen LogP contribution is 2.52. The summed E-state index contributed by atoms with van der Waals surface area (Å²) in [6, 6.07) is 14.2. The molecule has 2 aromatic carbocycles. The van der Waals surface area contributed by atoms with Crippen LogP contribution in [0.25, 0.3) is 11.3 Å². The molecule has 14 heteroatoms. The number of benzene rings is 2. The molecule has 0 bridgehead atoms. The third kappa shape index (κ3) is 5.77. The number of aromatic nitrogens is 2. The zero-order valence-electron chi connectivity index (χ0n) is 30.2. The second-order valence-electron chi connectivity index (χ2n) is 16.3. The molecule has 0 spiro atoms. The number of nitrogens with zero attached hydrogens (tertiary/aromatic N) is 7. The lowest BCUT2D eigenvalue weighted by atomic mass is 9.95. The molecule has 3 aromatic rings. The van der Waals surface area contributed by atoms with Crippen LogP contribution in [0, 0.1) is 23.7 Å². The zero-order valence-corrected chi connectivity index (χ0v) is 30.2. The Hall–Kier alpha value is -5.08. The van der Waals surface area contributed by atoms with E-state index >= 15 is 0 Å². The van der Waals surface area contributed by atoms with E-state index in [1.807, 2.05) is 30.3 Å². The molecule has 10 rings (SSSR count). The molecule has 7 heterocycles. The molecule has 1 aromatic heterocycles. The third-order valence-corrected chi connectivity index (χ3v) is 13.2. The van der Waals surface area contributed by atoms with Gasteiger partial charge in [0.2, 0.25) is 11.8 Å². The Balaban J connectivity index is 0.689. The second-order valence-corrected chi connectivity index (χ2v) is 16.3. The van der Waals surface area contributed by atoms with Crippen molar-refractivity contribution in [3.05, 3.63) is 59.7 Å². The summed E-state index contributed by atoms with van der Waals surface area (Å²) in [4.78, 5) is 61.7. The van der Waals surface area contributed by atoms with E-state index < -0.39 is 23.8 Å². The van der Waals surface area contributed by atoms with E-state index in [0.29, 0.717) is 34.3 Å². The molecule has 4 saturated heterocycles. The lowest BCUT2D eigenvalue weighted by Crippen LogP contribution is -2.58. The number of hydrogen-bond donors (Lipinski definition) is 3. The van der Waals surface area contributed by atoms with Gasteiger partial charge in [-0.2, -0.15) is 0 Å². The van der Waals surface area contributed by atoms with Crippen LogP contribution in [-0.4, -0.2) is 131 Å². The lowest BCUT2D eigenvalue weighted by molar-refractivity contribution is -0.136. The summed E-state index contributed by atoms with van der Waals surface area (Å²) in [5, 5.41) is 25.0. The van der Waals surface area contributed by atoms with Crippen LogP contribution in [0.2, 0.25) is 0 Å². The molecule has 5 fully saturated rings. The van der Waals surface area contributed by atoms with Gasteiger partial charge < -0.3 is 25.1 Å². The largest absolute Gasteiger partial charge is 0.507 e. The first-order chi connectivity index (χ1) is 26.3. The van der Waals surface area contributed by atoms with Crippen molar-refractivity contribution >= 4 is 40.8 Å². The number of fused-ring (bicyclic) bond motifs is 5. The van der Waals surface area contributed by atoms with E-state index in [2.05, 4.69) is 46.5 Å². The number of phenols is 1. The highest BCUT2D eigenvalue weighted by Gasteiger charge is 2.56. The van der Waals surface area contributed by atoms with Crippen LogP contribution in [0.4, 0.5) is 17.2 Å². The minimum absolute atomic E-state index is 0.109. The van der Waals surface area contributed by atoms with Crippen molar-refractivity contribution in [3.8, 4) is 17.0 Å². The van der Waals surface area contributed by atoms with Crippen molar-refractivity contribution in [1.29, 1.82) is 0 Å². The number of hydrogen-bond acceptors (Lipinski definition) is 12. The quantitative estimate of drug-likeness (QED) is 0.306. The van der Waals surface area contributed by atoms with Gasteiger partial charge in [-0.05, 0) is 79.3 Å². The van der Waals surface area contributed by atoms with Crippen LogP contribution in [0.3, 0.4) is 0 Å². The van der Waals surface area contributed by atoms with Gasteiger partial charge in [-0.1, -0.05) is 12.1 Å². The fourth-order valence-corrected chi connectivity index (χ4v) is 10.2. The molecule has 1 unspecified atom stereocenters. The summed E-state index contributed by atoms with van der Waals surface area (Å²) < 4.78 is 0. The Labute approximate surface area is 313 Å². The number of rotatable bonds is 7. The Morgan fingerprint density at radius 2 is 1.57 bits per heavy atom. The lowest BCUT2D eigenvalue weighted by Gasteiger charge is -2.46. The Bertz CT molecular complexity index is 2040. The molecule has 3 N–H and O–H groups in total. The van der Waals surface area contributed by atoms with E-state index in [0.717, 1.165) is 98.5 Å². The Morgan fingerprint density at radius 3 is 2.37 bits per heavy atom. The van der Waals surface area contributed by atoms with Crippen molar-refractivity contribution in [3.63, 3.8) is 0 Å². The summed E-state index contributed by atoms with van der Waals surface area (Å²) in [6.07, 6.45) is 2.44. The van der Waals surface area contributed by atoms with Crippen molar-refractivity contribution < 1.29 is 24.3 Å². The molecule has 7 aliphatic rings. The minimum atomic E-state index is -0.950. The van der Waals surface area contributed by atoms with Crippen LogP contribution >= 0.6 is 0 Å². The molecule has 4 amide bonds. The van der Waals surface area contributed by atoms with Crippen LogP contribution in [-0.2, 0) is 9.59 Å². The van der Waals surface area contributed by atoms with E-state index in [1.165, 1.54) is 19.6 Å². The normalized spacial score (nSPS) is 28.4. The van der Waals surface area contributed by atoms with Gasteiger partial charge in [0.05, 0.1) is 28.6 Å². The number of carbonyl (C=O) groups is 4. The second kappa shape index (κ2) is 13.0. The maximum absolute atomic E-state index is 13.3. The van der Waals surface area contributed by atoms with Gasteiger partial charge in [0.15, 0.2) is 5.82 Å². The molecule has 280 valence electrons. The van der Waals surface area contributed by atoms with Crippen LogP contribution in [0.5, 0.6) is 5.75 Å². The van der Waals surface area contributed by atoms with Gasteiger partial charge in [-0.25, -0.2) is 0 Å². The number of carbonyl (C=O) groups excluding carboxylic acids is 4. The predicted octanol–water partition coefficient (Wildman–Crippen LogP) is 2.26. The predicted molar refractivity (Wildman–Crippen MR) is 200 cm³/mol. The van der Waals surface area contributed by atoms with Gasteiger partial charge in [0.25, 0.3) is 11.8 Å². The number of aromatic hydroxyl groups is 1. The zero-order chi connectivity index (χ0) is 36.7. The molecular weight excluding hydrogens is 686 g/mol. The van der Waals surface area contributed by atoms with E-state index in [9.17, 15) is 24.3 Å². The van der Waals surface area contributed by atoms with Crippen LogP contribution in [0.1, 0.15) is 46.4 Å². The first kappa shape index (κ1) is 33.5. The summed E-state index contributed by atoms with van der Waals surface area (Å²) in [5.74, 6) is 2.18. The fraction of sp³-hybridized carbons (Fsp3) is 0.500. The molecule has 6 aliphatic heterocycles.